The maximum atomic E-state index is 11.1. The van der Waals surface area contributed by atoms with E-state index in [9.17, 15) is 14.4 Å². The minimum atomic E-state index is -0.814. The summed E-state index contributed by atoms with van der Waals surface area (Å²) in [5.41, 5.74) is 0. The van der Waals surface area contributed by atoms with Crippen LogP contribution in [0.15, 0.2) is 0 Å². The summed E-state index contributed by atoms with van der Waals surface area (Å²) in [7, 11) is 0. The van der Waals surface area contributed by atoms with Crippen LogP contribution in [0.4, 0.5) is 0 Å². The first-order chi connectivity index (χ1) is 6.54. The number of carbonyl (C=O) groups is 3. The Balaban J connectivity index is 2.28. The molecule has 5 nitrogen and oxygen atoms in total. The summed E-state index contributed by atoms with van der Waals surface area (Å²) in [4.78, 5) is 32.5. The minimum Gasteiger partial charge on any atom is -0.396 e. The van der Waals surface area contributed by atoms with Gasteiger partial charge in [-0.3, -0.25) is 14.4 Å². The smallest absolute Gasteiger partial charge is 0.320 e. The maximum Gasteiger partial charge on any atom is 0.320 e. The fourth-order valence-corrected chi connectivity index (χ4v) is 1.17. The van der Waals surface area contributed by atoms with Crippen LogP contribution in [0.2, 0.25) is 0 Å². The van der Waals surface area contributed by atoms with E-state index in [-0.39, 0.29) is 30.6 Å². The molecule has 78 valence electrons. The second-order valence-corrected chi connectivity index (χ2v) is 3.46. The predicted molar refractivity (Wildman–Crippen MR) is 45.1 cm³/mol. The molecule has 0 aliphatic heterocycles. The lowest BCUT2D eigenvalue weighted by molar-refractivity contribution is -0.161. The summed E-state index contributed by atoms with van der Waals surface area (Å²) in [5, 5.41) is 8.66. The Kier molecular flexibility index (Phi) is 3.35. The monoisotopic (exact) mass is 200 g/mol. The van der Waals surface area contributed by atoms with Crippen molar-refractivity contribution in [1.29, 1.82) is 0 Å². The molecule has 0 bridgehead atoms. The molecule has 0 aromatic rings. The third-order valence-corrected chi connectivity index (χ3v) is 2.07. The molecule has 1 saturated carbocycles. The minimum absolute atomic E-state index is 0.0688. The zero-order chi connectivity index (χ0) is 10.7. The molecule has 0 amide bonds. The number of ether oxygens (including phenoxy) is 1. The molecule has 0 saturated heterocycles. The van der Waals surface area contributed by atoms with E-state index in [1.165, 1.54) is 6.92 Å². The van der Waals surface area contributed by atoms with Crippen LogP contribution < -0.4 is 0 Å². The third-order valence-electron chi connectivity index (χ3n) is 2.07. The zero-order valence-corrected chi connectivity index (χ0v) is 7.86. The first kappa shape index (κ1) is 10.8. The average Bonchev–Trinajstić information content (AvgIpc) is 2.80. The van der Waals surface area contributed by atoms with E-state index in [1.807, 2.05) is 0 Å². The highest BCUT2D eigenvalue weighted by Crippen LogP contribution is 2.38. The van der Waals surface area contributed by atoms with Gasteiger partial charge in [0, 0.05) is 6.61 Å². The van der Waals surface area contributed by atoms with Crippen LogP contribution in [0.5, 0.6) is 0 Å². The van der Waals surface area contributed by atoms with Crippen molar-refractivity contribution < 1.29 is 24.2 Å². The van der Waals surface area contributed by atoms with Gasteiger partial charge >= 0.3 is 11.9 Å². The molecule has 2 atom stereocenters. The Bertz CT molecular complexity index is 270. The van der Waals surface area contributed by atoms with Gasteiger partial charge in [-0.15, -0.1) is 0 Å². The van der Waals surface area contributed by atoms with Crippen LogP contribution in [-0.2, 0) is 19.1 Å². The molecule has 1 fully saturated rings. The Morgan fingerprint density at radius 1 is 1.43 bits per heavy atom. The van der Waals surface area contributed by atoms with Crippen LogP contribution >= 0.6 is 0 Å². The molecule has 2 unspecified atom stereocenters. The Hall–Kier alpha value is -1.23. The van der Waals surface area contributed by atoms with Crippen LogP contribution in [0.3, 0.4) is 0 Å². The standard InChI is InChI=1S/C9H12O5/c1-5(11)2-8(12)14-9(13)7-3-6(7)4-10/h6-7,10H,2-4H2,1H3. The number of aliphatic hydroxyl groups is 1. The van der Waals surface area contributed by atoms with Crippen molar-refractivity contribution in [2.75, 3.05) is 6.61 Å². The molecule has 0 radical (unpaired) electrons. The van der Waals surface area contributed by atoms with Crippen molar-refractivity contribution in [3.63, 3.8) is 0 Å². The molecule has 0 spiro atoms. The fraction of sp³-hybridized carbons (Fsp3) is 0.667. The molecule has 0 aromatic carbocycles. The number of Topliss-reactive ketones (excluding diaryl/α,β-unsaturated/α-hetero) is 1. The highest BCUT2D eigenvalue weighted by molar-refractivity contribution is 5.98. The van der Waals surface area contributed by atoms with Crippen molar-refractivity contribution in [2.24, 2.45) is 11.8 Å². The summed E-state index contributed by atoms with van der Waals surface area (Å²) in [5.74, 6) is -2.22. The van der Waals surface area contributed by atoms with Crippen molar-refractivity contribution in [1.82, 2.24) is 0 Å². The van der Waals surface area contributed by atoms with E-state index >= 15 is 0 Å². The summed E-state index contributed by atoms with van der Waals surface area (Å²) in [6.07, 6.45) is 0.185. The molecule has 1 rings (SSSR count). The maximum absolute atomic E-state index is 11.1. The molecule has 5 heteroatoms. The first-order valence-corrected chi connectivity index (χ1v) is 4.39. The SMILES string of the molecule is CC(=O)CC(=O)OC(=O)C1CC1CO. The summed E-state index contributed by atoms with van der Waals surface area (Å²) >= 11 is 0. The molecule has 14 heavy (non-hydrogen) atoms. The van der Waals surface area contributed by atoms with E-state index in [0.29, 0.717) is 6.42 Å². The third kappa shape index (κ3) is 2.92. The summed E-state index contributed by atoms with van der Waals surface area (Å²) < 4.78 is 4.41. The van der Waals surface area contributed by atoms with Crippen LogP contribution in [0, 0.1) is 11.8 Å². The van der Waals surface area contributed by atoms with E-state index in [0.717, 1.165) is 0 Å². The van der Waals surface area contributed by atoms with Gasteiger partial charge in [0.1, 0.15) is 12.2 Å². The van der Waals surface area contributed by atoms with E-state index < -0.39 is 11.9 Å². The van der Waals surface area contributed by atoms with Gasteiger partial charge < -0.3 is 9.84 Å². The number of rotatable bonds is 4. The van der Waals surface area contributed by atoms with Crippen molar-refractivity contribution in [3.05, 3.63) is 0 Å². The fourth-order valence-electron chi connectivity index (χ4n) is 1.17. The topological polar surface area (TPSA) is 80.7 Å². The predicted octanol–water partition coefficient (Wildman–Crippen LogP) is -0.336. The van der Waals surface area contributed by atoms with Gasteiger partial charge in [0.2, 0.25) is 0 Å². The molecule has 1 N–H and O–H groups in total. The number of hydrogen-bond donors (Lipinski definition) is 1. The summed E-state index contributed by atoms with van der Waals surface area (Å²) in [6.45, 7) is 1.18. The molecule has 1 aliphatic carbocycles. The molecule has 0 heterocycles. The molecular formula is C9H12O5. The molecular weight excluding hydrogens is 188 g/mol. The number of hydrogen-bond acceptors (Lipinski definition) is 5. The molecule has 1 aliphatic rings. The second-order valence-electron chi connectivity index (χ2n) is 3.46. The lowest BCUT2D eigenvalue weighted by Gasteiger charge is -1.99. The lowest BCUT2D eigenvalue weighted by atomic mass is 10.3. The Labute approximate surface area is 81.0 Å². The van der Waals surface area contributed by atoms with E-state index in [1.54, 1.807) is 0 Å². The van der Waals surface area contributed by atoms with Crippen molar-refractivity contribution in [2.45, 2.75) is 19.8 Å². The average molecular weight is 200 g/mol. The number of esters is 2. The lowest BCUT2D eigenvalue weighted by Crippen LogP contribution is -2.17. The van der Waals surface area contributed by atoms with E-state index in [4.69, 9.17) is 5.11 Å². The zero-order valence-electron chi connectivity index (χ0n) is 7.86. The Morgan fingerprint density at radius 3 is 2.50 bits per heavy atom. The summed E-state index contributed by atoms with van der Waals surface area (Å²) in [6, 6.07) is 0. The number of aliphatic hydroxyl groups excluding tert-OH is 1. The van der Waals surface area contributed by atoms with Gasteiger partial charge in [-0.25, -0.2) is 0 Å². The van der Waals surface area contributed by atoms with Gasteiger partial charge in [0.25, 0.3) is 0 Å². The first-order valence-electron chi connectivity index (χ1n) is 4.39. The number of ketones is 1. The van der Waals surface area contributed by atoms with Crippen LogP contribution in [0.25, 0.3) is 0 Å². The second kappa shape index (κ2) is 4.32. The quantitative estimate of drug-likeness (QED) is 0.496. The van der Waals surface area contributed by atoms with E-state index in [2.05, 4.69) is 4.74 Å². The van der Waals surface area contributed by atoms with Crippen LogP contribution in [-0.4, -0.2) is 29.4 Å². The van der Waals surface area contributed by atoms with Gasteiger partial charge in [0.15, 0.2) is 0 Å². The highest BCUT2D eigenvalue weighted by atomic mass is 16.6. The highest BCUT2D eigenvalue weighted by Gasteiger charge is 2.44. The van der Waals surface area contributed by atoms with Crippen molar-refractivity contribution >= 4 is 17.7 Å². The number of carbonyl (C=O) groups excluding carboxylic acids is 3. The van der Waals surface area contributed by atoms with Gasteiger partial charge in [-0.2, -0.15) is 0 Å². The van der Waals surface area contributed by atoms with Gasteiger partial charge in [-0.1, -0.05) is 0 Å². The van der Waals surface area contributed by atoms with Crippen molar-refractivity contribution in [3.8, 4) is 0 Å². The Morgan fingerprint density at radius 2 is 2.07 bits per heavy atom. The van der Waals surface area contributed by atoms with Gasteiger partial charge in [0.05, 0.1) is 5.92 Å². The normalized spacial score (nSPS) is 24.1. The molecule has 0 aromatic heterocycles. The van der Waals surface area contributed by atoms with Crippen LogP contribution in [0.1, 0.15) is 19.8 Å². The van der Waals surface area contributed by atoms with Gasteiger partial charge in [-0.05, 0) is 19.3 Å². The largest absolute Gasteiger partial charge is 0.396 e.